The molecule has 0 aliphatic heterocycles. The van der Waals surface area contributed by atoms with Gasteiger partial charge in [0.25, 0.3) is 0 Å². The van der Waals surface area contributed by atoms with Crippen LogP contribution in [0, 0.1) is 11.6 Å². The molecule has 0 aliphatic carbocycles. The highest BCUT2D eigenvalue weighted by molar-refractivity contribution is 14.1. The van der Waals surface area contributed by atoms with E-state index in [-0.39, 0.29) is 29.4 Å². The topological polar surface area (TPSA) is 75.6 Å². The molecule has 2 N–H and O–H groups in total. The van der Waals surface area contributed by atoms with Crippen LogP contribution >= 0.6 is 22.6 Å². The van der Waals surface area contributed by atoms with E-state index in [9.17, 15) is 23.5 Å². The summed E-state index contributed by atoms with van der Waals surface area (Å²) in [5, 5.41) is 12.9. The van der Waals surface area contributed by atoms with Gasteiger partial charge in [0, 0.05) is 29.0 Å². The molecule has 0 saturated carbocycles. The predicted octanol–water partition coefficient (Wildman–Crippen LogP) is 9.50. The summed E-state index contributed by atoms with van der Waals surface area (Å²) in [6.45, 7) is 0.364. The van der Waals surface area contributed by atoms with Gasteiger partial charge in [-0.15, -0.1) is 0 Å². The number of phenolic OH excluding ortho intramolecular Hbond substituents is 1. The van der Waals surface area contributed by atoms with Crippen LogP contribution in [0.3, 0.4) is 0 Å². The van der Waals surface area contributed by atoms with Crippen LogP contribution < -0.4 is 5.32 Å². The zero-order valence-electron chi connectivity index (χ0n) is 25.5. The number of esters is 1. The molecule has 45 heavy (non-hydrogen) atoms. The fourth-order valence-electron chi connectivity index (χ4n) is 3.97. The predicted molar refractivity (Wildman–Crippen MR) is 187 cm³/mol. The summed E-state index contributed by atoms with van der Waals surface area (Å²) in [6.07, 6.45) is 31.6. The zero-order valence-corrected chi connectivity index (χ0v) is 27.6. The van der Waals surface area contributed by atoms with Gasteiger partial charge in [0.1, 0.15) is 22.9 Å². The second-order valence-corrected chi connectivity index (χ2v) is 10.8. The number of hydrogen-bond acceptors (Lipinski definition) is 4. The Bertz CT molecular complexity index is 1380. The summed E-state index contributed by atoms with van der Waals surface area (Å²) < 4.78 is 33.6. The van der Waals surface area contributed by atoms with Crippen molar-refractivity contribution in [1.29, 1.82) is 0 Å². The Balaban J connectivity index is 1.52. The second-order valence-electron chi connectivity index (χ2n) is 9.90. The fourth-order valence-corrected chi connectivity index (χ4v) is 4.33. The van der Waals surface area contributed by atoms with Crippen molar-refractivity contribution < 1.29 is 28.2 Å². The average Bonchev–Trinajstić information content (AvgIpc) is 3.02. The number of hydrogen-bond donors (Lipinski definition) is 2. The van der Waals surface area contributed by atoms with Gasteiger partial charge in [-0.2, -0.15) is 0 Å². The standard InChI is InChI=1S/C37H42F2INO4/c38-31-22-23-32(34(39)29-31)30-21-24-35(42)33(28-30)37(44)45-27-19-26-41-36(43)20-17-15-13-11-9-7-5-3-1-2-4-6-8-10-12-14-16-18-25-40/h1,3-4,6-7,9-10,12-13,15-16,18,21-24,28-29,42H,2,5,8,11,14,17,19-20,25-27H2,(H,41,43)/b3-1-,6-4-,9-7-,12-10-,15-13-,18-16-. The van der Waals surface area contributed by atoms with E-state index in [0.717, 1.165) is 48.7 Å². The number of ether oxygens (including phenoxy) is 1. The van der Waals surface area contributed by atoms with Crippen LogP contribution in [0.5, 0.6) is 5.75 Å². The van der Waals surface area contributed by atoms with Crippen LogP contribution in [0.15, 0.2) is 109 Å². The number of carbonyl (C=O) groups is 2. The molecule has 2 aromatic carbocycles. The molecule has 240 valence electrons. The van der Waals surface area contributed by atoms with Gasteiger partial charge in [-0.1, -0.05) is 102 Å². The highest BCUT2D eigenvalue weighted by Crippen LogP contribution is 2.28. The molecule has 0 atom stereocenters. The Hall–Kier alpha value is -3.79. The molecule has 0 unspecified atom stereocenters. The normalized spacial score (nSPS) is 12.2. The van der Waals surface area contributed by atoms with Gasteiger partial charge in [-0.05, 0) is 74.8 Å². The SMILES string of the molecule is O=C(CC/C=C\C/C=C\C/C=C\C/C=C\C/C=C\C/C=C\CI)NCCCOC(=O)c1cc(-c2ccc(F)cc2F)ccc1O. The van der Waals surface area contributed by atoms with Crippen molar-refractivity contribution in [2.75, 3.05) is 17.6 Å². The lowest BCUT2D eigenvalue weighted by Gasteiger charge is -2.10. The van der Waals surface area contributed by atoms with Crippen molar-refractivity contribution in [3.05, 3.63) is 127 Å². The third kappa shape index (κ3) is 16.7. The largest absolute Gasteiger partial charge is 0.507 e. The van der Waals surface area contributed by atoms with Crippen molar-refractivity contribution in [2.24, 2.45) is 0 Å². The average molecular weight is 730 g/mol. The first kappa shape index (κ1) is 37.4. The van der Waals surface area contributed by atoms with Gasteiger partial charge < -0.3 is 15.2 Å². The van der Waals surface area contributed by atoms with Gasteiger partial charge in [-0.25, -0.2) is 13.6 Å². The van der Waals surface area contributed by atoms with Crippen molar-refractivity contribution >= 4 is 34.5 Å². The molecule has 0 bridgehead atoms. The zero-order chi connectivity index (χ0) is 32.5. The number of allylic oxidation sites excluding steroid dienone is 12. The van der Waals surface area contributed by atoms with Gasteiger partial charge in [0.05, 0.1) is 6.61 Å². The molecule has 8 heteroatoms. The number of aromatic hydroxyl groups is 1. The van der Waals surface area contributed by atoms with E-state index in [2.05, 4.69) is 88.7 Å². The van der Waals surface area contributed by atoms with Gasteiger partial charge in [0.2, 0.25) is 5.91 Å². The van der Waals surface area contributed by atoms with Gasteiger partial charge in [-0.3, -0.25) is 4.79 Å². The third-order valence-electron chi connectivity index (χ3n) is 6.32. The molecule has 0 aromatic heterocycles. The van der Waals surface area contributed by atoms with Gasteiger partial charge in [0.15, 0.2) is 0 Å². The van der Waals surface area contributed by atoms with E-state index in [1.807, 2.05) is 12.2 Å². The third-order valence-corrected chi connectivity index (χ3v) is 6.83. The smallest absolute Gasteiger partial charge is 0.341 e. The second kappa shape index (κ2) is 23.6. The summed E-state index contributed by atoms with van der Waals surface area (Å²) >= 11 is 2.33. The number of carbonyl (C=O) groups excluding carboxylic acids is 2. The monoisotopic (exact) mass is 729 g/mol. The molecule has 0 aliphatic rings. The number of nitrogens with one attached hydrogen (secondary N) is 1. The summed E-state index contributed by atoms with van der Waals surface area (Å²) in [5.74, 6) is -2.67. The first-order valence-corrected chi connectivity index (χ1v) is 16.6. The number of halogens is 3. The maximum absolute atomic E-state index is 14.1. The summed E-state index contributed by atoms with van der Waals surface area (Å²) in [6, 6.07) is 7.10. The van der Waals surface area contributed by atoms with Gasteiger partial charge >= 0.3 is 5.97 Å². The quantitative estimate of drug-likeness (QED) is 0.0468. The maximum atomic E-state index is 14.1. The van der Waals surface area contributed by atoms with Crippen LogP contribution in [0.4, 0.5) is 8.78 Å². The molecule has 0 heterocycles. The van der Waals surface area contributed by atoms with Crippen molar-refractivity contribution in [3.8, 4) is 16.9 Å². The molecule has 0 saturated heterocycles. The number of benzene rings is 2. The lowest BCUT2D eigenvalue weighted by atomic mass is 10.0. The summed E-state index contributed by atoms with van der Waals surface area (Å²) in [4.78, 5) is 24.5. The molecule has 0 fully saturated rings. The fraction of sp³-hybridized carbons (Fsp3) is 0.297. The van der Waals surface area contributed by atoms with Crippen LogP contribution in [0.1, 0.15) is 61.7 Å². The molecule has 5 nitrogen and oxygen atoms in total. The first-order chi connectivity index (χ1) is 21.9. The summed E-state index contributed by atoms with van der Waals surface area (Å²) in [7, 11) is 0. The first-order valence-electron chi connectivity index (χ1n) is 15.1. The highest BCUT2D eigenvalue weighted by Gasteiger charge is 2.16. The Morgan fingerprint density at radius 3 is 1.93 bits per heavy atom. The number of amides is 1. The lowest BCUT2D eigenvalue weighted by molar-refractivity contribution is -0.121. The van der Waals surface area contributed by atoms with Crippen LogP contribution in [0.25, 0.3) is 11.1 Å². The van der Waals surface area contributed by atoms with E-state index >= 15 is 0 Å². The van der Waals surface area contributed by atoms with Crippen molar-refractivity contribution in [3.63, 3.8) is 0 Å². The number of alkyl halides is 1. The van der Waals surface area contributed by atoms with Crippen molar-refractivity contribution in [1.82, 2.24) is 5.32 Å². The minimum Gasteiger partial charge on any atom is -0.507 e. The molecule has 1 amide bonds. The van der Waals surface area contributed by atoms with Crippen molar-refractivity contribution in [2.45, 2.75) is 51.4 Å². The Morgan fingerprint density at radius 2 is 1.36 bits per heavy atom. The molecule has 0 radical (unpaired) electrons. The molecule has 0 spiro atoms. The lowest BCUT2D eigenvalue weighted by Crippen LogP contribution is -2.25. The van der Waals surface area contributed by atoms with E-state index in [4.69, 9.17) is 4.74 Å². The minimum absolute atomic E-state index is 0.0284. The van der Waals surface area contributed by atoms with Crippen LogP contribution in [0.2, 0.25) is 0 Å². The van der Waals surface area contributed by atoms with E-state index in [1.165, 1.54) is 24.3 Å². The Kier molecular flexibility index (Phi) is 19.6. The molecular weight excluding hydrogens is 687 g/mol. The minimum atomic E-state index is -0.781. The van der Waals surface area contributed by atoms with E-state index < -0.39 is 17.6 Å². The number of phenols is 1. The number of rotatable bonds is 20. The Morgan fingerprint density at radius 1 is 0.778 bits per heavy atom. The molecular formula is C37H42F2INO4. The Labute approximate surface area is 279 Å². The van der Waals surface area contributed by atoms with E-state index in [0.29, 0.717) is 31.4 Å². The summed E-state index contributed by atoms with van der Waals surface area (Å²) in [5.41, 5.74) is 0.268. The van der Waals surface area contributed by atoms with E-state index in [1.54, 1.807) is 0 Å². The molecule has 2 rings (SSSR count). The highest BCUT2D eigenvalue weighted by atomic mass is 127. The van der Waals surface area contributed by atoms with Crippen LogP contribution in [-0.4, -0.2) is 34.6 Å². The maximum Gasteiger partial charge on any atom is 0.341 e. The van der Waals surface area contributed by atoms with Crippen LogP contribution in [-0.2, 0) is 9.53 Å². The molecule has 2 aromatic rings.